The molecule has 1 fully saturated rings. The van der Waals surface area contributed by atoms with Crippen molar-refractivity contribution in [2.75, 3.05) is 31.1 Å². The summed E-state index contributed by atoms with van der Waals surface area (Å²) in [6.07, 6.45) is 1.48. The second kappa shape index (κ2) is 6.47. The van der Waals surface area contributed by atoms with Gasteiger partial charge in [0.15, 0.2) is 0 Å². The Bertz CT molecular complexity index is 731. The Kier molecular flexibility index (Phi) is 4.39. The van der Waals surface area contributed by atoms with Gasteiger partial charge in [0.25, 0.3) is 0 Å². The van der Waals surface area contributed by atoms with Crippen LogP contribution in [-0.4, -0.2) is 47.1 Å². The molecule has 0 bridgehead atoms. The average molecular weight is 313 g/mol. The molecule has 5 nitrogen and oxygen atoms in total. The molecular formula is C17H20FN5. The zero-order chi connectivity index (χ0) is 16.4. The minimum atomic E-state index is -0.291. The number of piperazine rings is 1. The summed E-state index contributed by atoms with van der Waals surface area (Å²) in [4.78, 5) is 13.0. The number of nitrogens with zero attached hydrogens (tertiary/aromatic N) is 5. The van der Waals surface area contributed by atoms with Crippen molar-refractivity contribution in [3.63, 3.8) is 0 Å². The van der Waals surface area contributed by atoms with Crippen LogP contribution in [0, 0.1) is 23.1 Å². The van der Waals surface area contributed by atoms with Crippen LogP contribution in [0.4, 0.5) is 10.2 Å². The van der Waals surface area contributed by atoms with Gasteiger partial charge in [0.2, 0.25) is 0 Å². The molecule has 0 aliphatic carbocycles. The molecule has 1 unspecified atom stereocenters. The highest BCUT2D eigenvalue weighted by molar-refractivity contribution is 5.89. The molecule has 1 atom stereocenters. The summed E-state index contributed by atoms with van der Waals surface area (Å²) in [5.41, 5.74) is 0.620. The van der Waals surface area contributed by atoms with Gasteiger partial charge in [-0.3, -0.25) is 4.90 Å². The van der Waals surface area contributed by atoms with E-state index in [1.165, 1.54) is 18.5 Å². The van der Waals surface area contributed by atoms with Gasteiger partial charge in [-0.15, -0.1) is 0 Å². The lowest BCUT2D eigenvalue weighted by Gasteiger charge is -2.38. The van der Waals surface area contributed by atoms with Crippen LogP contribution in [0.1, 0.15) is 13.8 Å². The van der Waals surface area contributed by atoms with Gasteiger partial charge < -0.3 is 4.90 Å². The Morgan fingerprint density at radius 2 is 1.91 bits per heavy atom. The lowest BCUT2D eigenvalue weighted by atomic mass is 10.0. The molecule has 1 saturated heterocycles. The number of aromatic nitrogens is 2. The van der Waals surface area contributed by atoms with Crippen LogP contribution in [0.5, 0.6) is 0 Å². The van der Waals surface area contributed by atoms with Crippen LogP contribution in [-0.2, 0) is 0 Å². The summed E-state index contributed by atoms with van der Waals surface area (Å²) in [5, 5.41) is 10.2. The second-order valence-electron chi connectivity index (χ2n) is 6.20. The Labute approximate surface area is 135 Å². The predicted molar refractivity (Wildman–Crippen MR) is 87.5 cm³/mol. The van der Waals surface area contributed by atoms with Crippen LogP contribution < -0.4 is 4.90 Å². The number of anilines is 1. The van der Waals surface area contributed by atoms with E-state index in [4.69, 9.17) is 0 Å². The lowest BCUT2D eigenvalue weighted by molar-refractivity contribution is 0.184. The second-order valence-corrected chi connectivity index (χ2v) is 6.20. The topological polar surface area (TPSA) is 56.1 Å². The van der Waals surface area contributed by atoms with Crippen molar-refractivity contribution in [2.45, 2.75) is 19.9 Å². The normalized spacial score (nSPS) is 17.4. The molecule has 3 rings (SSSR count). The van der Waals surface area contributed by atoms with Crippen molar-refractivity contribution in [1.29, 1.82) is 5.26 Å². The molecule has 2 heterocycles. The van der Waals surface area contributed by atoms with Gasteiger partial charge in [-0.1, -0.05) is 13.8 Å². The Morgan fingerprint density at radius 3 is 2.57 bits per heavy atom. The molecule has 120 valence electrons. The van der Waals surface area contributed by atoms with Gasteiger partial charge >= 0.3 is 0 Å². The first-order valence-electron chi connectivity index (χ1n) is 7.89. The molecule has 0 amide bonds. The summed E-state index contributed by atoms with van der Waals surface area (Å²) in [6.45, 7) is 7.40. The van der Waals surface area contributed by atoms with Gasteiger partial charge in [-0.05, 0) is 18.1 Å². The van der Waals surface area contributed by atoms with Crippen LogP contribution in [0.25, 0.3) is 10.9 Å². The molecule has 1 aromatic carbocycles. The molecule has 6 heteroatoms. The van der Waals surface area contributed by atoms with Crippen molar-refractivity contribution in [2.24, 2.45) is 5.92 Å². The van der Waals surface area contributed by atoms with Gasteiger partial charge in [-0.2, -0.15) is 5.26 Å². The Balaban J connectivity index is 1.80. The highest BCUT2D eigenvalue weighted by atomic mass is 19.1. The first-order valence-corrected chi connectivity index (χ1v) is 7.89. The summed E-state index contributed by atoms with van der Waals surface area (Å²) < 4.78 is 13.4. The van der Waals surface area contributed by atoms with Crippen LogP contribution in [0.15, 0.2) is 24.5 Å². The van der Waals surface area contributed by atoms with Gasteiger partial charge in [0, 0.05) is 37.6 Å². The highest BCUT2D eigenvalue weighted by Crippen LogP contribution is 2.25. The van der Waals surface area contributed by atoms with Crippen LogP contribution >= 0.6 is 0 Å². The molecule has 0 spiro atoms. The molecule has 1 aliphatic rings. The fraction of sp³-hybridized carbons (Fsp3) is 0.471. The van der Waals surface area contributed by atoms with E-state index in [0.29, 0.717) is 11.4 Å². The van der Waals surface area contributed by atoms with Crippen molar-refractivity contribution in [3.8, 4) is 6.07 Å². The molecule has 1 aliphatic heterocycles. The monoisotopic (exact) mass is 313 g/mol. The van der Waals surface area contributed by atoms with E-state index in [9.17, 15) is 9.65 Å². The Hall–Kier alpha value is -2.26. The van der Waals surface area contributed by atoms with E-state index in [1.54, 1.807) is 6.07 Å². The van der Waals surface area contributed by atoms with E-state index in [2.05, 4.69) is 39.7 Å². The third kappa shape index (κ3) is 3.10. The SMILES string of the molecule is CC(C)C(C#N)N1CCN(c2ncnc3cc(F)ccc23)CC1. The minimum Gasteiger partial charge on any atom is -0.353 e. The maximum atomic E-state index is 13.4. The number of benzene rings is 1. The van der Waals surface area contributed by atoms with Crippen LogP contribution in [0.2, 0.25) is 0 Å². The number of rotatable bonds is 3. The molecule has 0 radical (unpaired) electrons. The molecule has 23 heavy (non-hydrogen) atoms. The zero-order valence-electron chi connectivity index (χ0n) is 13.4. The molecule has 0 saturated carbocycles. The van der Waals surface area contributed by atoms with Gasteiger partial charge in [0.05, 0.1) is 11.6 Å². The fourth-order valence-electron chi connectivity index (χ4n) is 3.13. The van der Waals surface area contributed by atoms with Crippen molar-refractivity contribution >= 4 is 16.7 Å². The third-order valence-electron chi connectivity index (χ3n) is 4.35. The zero-order valence-corrected chi connectivity index (χ0v) is 13.4. The summed E-state index contributed by atoms with van der Waals surface area (Å²) in [5.74, 6) is 0.864. The van der Waals surface area contributed by atoms with E-state index >= 15 is 0 Å². The maximum absolute atomic E-state index is 13.4. The van der Waals surface area contributed by atoms with E-state index in [-0.39, 0.29) is 11.9 Å². The standard InChI is InChI=1S/C17H20FN5/c1-12(2)16(10-19)22-5-7-23(8-6-22)17-14-4-3-13(18)9-15(14)20-11-21-17/h3-4,9,11-12,16H,5-8H2,1-2H3. The fourth-order valence-corrected chi connectivity index (χ4v) is 3.13. The predicted octanol–water partition coefficient (Wildman–Crippen LogP) is 2.44. The summed E-state index contributed by atoms with van der Waals surface area (Å²) in [7, 11) is 0. The van der Waals surface area contributed by atoms with Gasteiger partial charge in [0.1, 0.15) is 24.0 Å². The van der Waals surface area contributed by atoms with Crippen molar-refractivity contribution < 1.29 is 4.39 Å². The number of fused-ring (bicyclic) bond motifs is 1. The number of halogens is 1. The maximum Gasteiger partial charge on any atom is 0.139 e. The first kappa shape index (κ1) is 15.6. The minimum absolute atomic E-state index is 0.0478. The lowest BCUT2D eigenvalue weighted by Crippen LogP contribution is -2.51. The number of hydrogen-bond donors (Lipinski definition) is 0. The highest BCUT2D eigenvalue weighted by Gasteiger charge is 2.26. The molecule has 2 aromatic rings. The molecule has 0 N–H and O–H groups in total. The summed E-state index contributed by atoms with van der Waals surface area (Å²) in [6, 6.07) is 6.96. The van der Waals surface area contributed by atoms with Crippen LogP contribution in [0.3, 0.4) is 0 Å². The van der Waals surface area contributed by atoms with E-state index < -0.39 is 0 Å². The third-order valence-corrected chi connectivity index (χ3v) is 4.35. The number of nitriles is 1. The largest absolute Gasteiger partial charge is 0.353 e. The first-order chi connectivity index (χ1) is 11.1. The Morgan fingerprint density at radius 1 is 1.17 bits per heavy atom. The molecule has 1 aromatic heterocycles. The number of hydrogen-bond acceptors (Lipinski definition) is 5. The summed E-state index contributed by atoms with van der Waals surface area (Å²) >= 11 is 0. The van der Waals surface area contributed by atoms with E-state index in [0.717, 1.165) is 37.4 Å². The average Bonchev–Trinajstić information content (AvgIpc) is 2.55. The van der Waals surface area contributed by atoms with Crippen molar-refractivity contribution in [1.82, 2.24) is 14.9 Å². The van der Waals surface area contributed by atoms with Crippen molar-refractivity contribution in [3.05, 3.63) is 30.3 Å². The molecular weight excluding hydrogens is 293 g/mol. The smallest absolute Gasteiger partial charge is 0.139 e. The van der Waals surface area contributed by atoms with E-state index in [1.807, 2.05) is 0 Å². The quantitative estimate of drug-likeness (QED) is 0.871. The van der Waals surface area contributed by atoms with Gasteiger partial charge in [-0.25, -0.2) is 14.4 Å².